The van der Waals surface area contributed by atoms with Gasteiger partial charge in [-0.15, -0.1) is 0 Å². The first-order valence-corrected chi connectivity index (χ1v) is 11.0. The number of hydrogen-bond acceptors (Lipinski definition) is 7. The van der Waals surface area contributed by atoms with E-state index in [0.717, 1.165) is 5.56 Å². The van der Waals surface area contributed by atoms with Crippen LogP contribution in [0.3, 0.4) is 0 Å². The van der Waals surface area contributed by atoms with Gasteiger partial charge in [-0.2, -0.15) is 0 Å². The number of nitrogens with one attached hydrogen (secondary N) is 1. The van der Waals surface area contributed by atoms with Gasteiger partial charge in [0.15, 0.2) is 0 Å². The molecule has 5 atom stereocenters. The highest BCUT2D eigenvalue weighted by molar-refractivity contribution is 6.02. The number of imide groups is 1. The van der Waals surface area contributed by atoms with Crippen molar-refractivity contribution in [2.24, 2.45) is 17.4 Å². The summed E-state index contributed by atoms with van der Waals surface area (Å²) in [7, 11) is 0. The van der Waals surface area contributed by atoms with Crippen molar-refractivity contribution in [1.29, 1.82) is 0 Å². The third-order valence-corrected chi connectivity index (χ3v) is 5.27. The van der Waals surface area contributed by atoms with Gasteiger partial charge in [-0.05, 0) is 38.2 Å². The Morgan fingerprint density at radius 1 is 1.03 bits per heavy atom. The van der Waals surface area contributed by atoms with E-state index in [1.807, 2.05) is 30.3 Å². The molecule has 0 fully saturated rings. The molecule has 1 aromatic carbocycles. The Labute approximate surface area is 194 Å². The molecule has 0 aliphatic rings. The summed E-state index contributed by atoms with van der Waals surface area (Å²) in [5.41, 5.74) is 12.5. The third kappa shape index (κ3) is 8.56. The van der Waals surface area contributed by atoms with Crippen LogP contribution in [0.2, 0.25) is 0 Å². The summed E-state index contributed by atoms with van der Waals surface area (Å²) in [5, 5.41) is 22.5. The largest absolute Gasteiger partial charge is 0.480 e. The van der Waals surface area contributed by atoms with Crippen LogP contribution in [0.4, 0.5) is 0 Å². The molecular formula is C23H36N4O6. The van der Waals surface area contributed by atoms with Crippen molar-refractivity contribution in [2.75, 3.05) is 0 Å². The molecule has 3 amide bonds. The lowest BCUT2D eigenvalue weighted by Gasteiger charge is -2.32. The standard InChI is InChI=1S/C23H36N4O6/c1-13(2)20(23(32)33)27(22(31)15(4)26-21(30)14(3)24)19(29)11-10-18(28)17(25)12-16-8-6-5-7-9-16/h5-9,13-15,17-18,20,28H,10-12,24-25H2,1-4H3,(H,26,30)(H,32,33)/t14?,15?,17-,18-,20?/m0/s1. The van der Waals surface area contributed by atoms with Gasteiger partial charge < -0.3 is 27.0 Å². The van der Waals surface area contributed by atoms with E-state index >= 15 is 0 Å². The number of carboxylic acids is 1. The van der Waals surface area contributed by atoms with Crippen LogP contribution in [0.1, 0.15) is 46.1 Å². The number of nitrogens with zero attached hydrogens (tertiary/aromatic N) is 1. The lowest BCUT2D eigenvalue weighted by Crippen LogP contribution is -2.58. The van der Waals surface area contributed by atoms with E-state index in [9.17, 15) is 29.4 Å². The molecule has 7 N–H and O–H groups in total. The minimum absolute atomic E-state index is 0.0539. The van der Waals surface area contributed by atoms with Gasteiger partial charge in [-0.25, -0.2) is 4.79 Å². The van der Waals surface area contributed by atoms with Gasteiger partial charge in [0.05, 0.1) is 12.1 Å². The average molecular weight is 465 g/mol. The van der Waals surface area contributed by atoms with Crippen LogP contribution in [0.5, 0.6) is 0 Å². The highest BCUT2D eigenvalue weighted by Gasteiger charge is 2.39. The number of benzene rings is 1. The molecule has 0 heterocycles. The van der Waals surface area contributed by atoms with Crippen LogP contribution < -0.4 is 16.8 Å². The molecule has 0 radical (unpaired) electrons. The lowest BCUT2D eigenvalue weighted by atomic mass is 9.97. The van der Waals surface area contributed by atoms with Crippen molar-refractivity contribution < 1.29 is 29.4 Å². The first-order chi connectivity index (χ1) is 15.4. The van der Waals surface area contributed by atoms with Gasteiger partial charge in [0.25, 0.3) is 5.91 Å². The van der Waals surface area contributed by atoms with Gasteiger partial charge in [-0.1, -0.05) is 44.2 Å². The fourth-order valence-electron chi connectivity index (χ4n) is 3.35. The normalized spacial score (nSPS) is 15.8. The minimum Gasteiger partial charge on any atom is -0.480 e. The second kappa shape index (κ2) is 13.0. The second-order valence-corrected chi connectivity index (χ2v) is 8.61. The zero-order valence-corrected chi connectivity index (χ0v) is 19.6. The molecule has 1 rings (SSSR count). The molecule has 0 aliphatic carbocycles. The number of hydrogen-bond donors (Lipinski definition) is 5. The van der Waals surface area contributed by atoms with E-state index < -0.39 is 59.9 Å². The highest BCUT2D eigenvalue weighted by atomic mass is 16.4. The number of carbonyl (C=O) groups excluding carboxylic acids is 3. The maximum atomic E-state index is 13.0. The molecule has 0 spiro atoms. The van der Waals surface area contributed by atoms with Crippen molar-refractivity contribution in [2.45, 2.75) is 77.2 Å². The van der Waals surface area contributed by atoms with Gasteiger partial charge in [0, 0.05) is 12.5 Å². The Kier molecular flexibility index (Phi) is 11.1. The van der Waals surface area contributed by atoms with Crippen LogP contribution >= 0.6 is 0 Å². The van der Waals surface area contributed by atoms with Gasteiger partial charge in [0.2, 0.25) is 11.8 Å². The number of carboxylic acid groups (broad SMARTS) is 1. The number of aliphatic carboxylic acids is 1. The topological polar surface area (TPSA) is 176 Å². The number of aliphatic hydroxyl groups is 1. The van der Waals surface area contributed by atoms with E-state index in [-0.39, 0.29) is 12.8 Å². The summed E-state index contributed by atoms with van der Waals surface area (Å²) in [4.78, 5) is 50.4. The maximum absolute atomic E-state index is 13.0. The molecule has 0 aliphatic heterocycles. The Bertz CT molecular complexity index is 814. The van der Waals surface area contributed by atoms with Crippen molar-refractivity contribution >= 4 is 23.7 Å². The fourth-order valence-corrected chi connectivity index (χ4v) is 3.35. The molecule has 0 aromatic heterocycles. The zero-order chi connectivity index (χ0) is 25.3. The van der Waals surface area contributed by atoms with Crippen molar-refractivity contribution in [3.8, 4) is 0 Å². The first kappa shape index (κ1) is 28.2. The summed E-state index contributed by atoms with van der Waals surface area (Å²) in [5.74, 6) is -4.18. The molecule has 10 heteroatoms. The molecule has 1 aromatic rings. The van der Waals surface area contributed by atoms with Crippen LogP contribution in [-0.4, -0.2) is 69.1 Å². The molecular weight excluding hydrogens is 428 g/mol. The number of nitrogens with two attached hydrogens (primary N) is 2. The smallest absolute Gasteiger partial charge is 0.327 e. The molecule has 10 nitrogen and oxygen atoms in total. The third-order valence-electron chi connectivity index (χ3n) is 5.27. The first-order valence-electron chi connectivity index (χ1n) is 11.0. The molecule has 33 heavy (non-hydrogen) atoms. The number of aliphatic hydroxyl groups excluding tert-OH is 1. The Morgan fingerprint density at radius 3 is 2.09 bits per heavy atom. The van der Waals surface area contributed by atoms with Crippen LogP contribution in [0, 0.1) is 5.92 Å². The zero-order valence-electron chi connectivity index (χ0n) is 19.6. The van der Waals surface area contributed by atoms with Crippen molar-refractivity contribution in [1.82, 2.24) is 10.2 Å². The Hall–Kier alpha value is -2.82. The summed E-state index contributed by atoms with van der Waals surface area (Å²) in [6.45, 7) is 5.93. The van der Waals surface area contributed by atoms with E-state index in [2.05, 4.69) is 5.32 Å². The maximum Gasteiger partial charge on any atom is 0.327 e. The summed E-state index contributed by atoms with van der Waals surface area (Å²) < 4.78 is 0. The summed E-state index contributed by atoms with van der Waals surface area (Å²) in [6.07, 6.45) is -0.992. The van der Waals surface area contributed by atoms with Crippen molar-refractivity contribution in [3.63, 3.8) is 0 Å². The van der Waals surface area contributed by atoms with Gasteiger partial charge >= 0.3 is 5.97 Å². The van der Waals surface area contributed by atoms with Gasteiger partial charge in [0.1, 0.15) is 12.1 Å². The van der Waals surface area contributed by atoms with Crippen molar-refractivity contribution in [3.05, 3.63) is 35.9 Å². The van der Waals surface area contributed by atoms with E-state index in [1.165, 1.54) is 13.8 Å². The predicted octanol–water partition coefficient (Wildman–Crippen LogP) is 0.0138. The number of amides is 3. The SMILES string of the molecule is CC(N)C(=O)NC(C)C(=O)N(C(=O)CC[C@H](O)[C@@H](N)Cc1ccccc1)C(C(=O)O)C(C)C. The number of carbonyl (C=O) groups is 4. The molecule has 0 bridgehead atoms. The number of rotatable bonds is 12. The second-order valence-electron chi connectivity index (χ2n) is 8.61. The predicted molar refractivity (Wildman–Crippen MR) is 123 cm³/mol. The monoisotopic (exact) mass is 464 g/mol. The van der Waals surface area contributed by atoms with E-state index in [1.54, 1.807) is 13.8 Å². The summed E-state index contributed by atoms with van der Waals surface area (Å²) in [6, 6.07) is 5.18. The molecule has 3 unspecified atom stereocenters. The average Bonchev–Trinajstić information content (AvgIpc) is 2.74. The Morgan fingerprint density at radius 2 is 1.61 bits per heavy atom. The lowest BCUT2D eigenvalue weighted by molar-refractivity contribution is -0.161. The fraction of sp³-hybridized carbons (Fsp3) is 0.565. The summed E-state index contributed by atoms with van der Waals surface area (Å²) >= 11 is 0. The molecule has 184 valence electrons. The quantitative estimate of drug-likeness (QED) is 0.287. The van der Waals surface area contributed by atoms with E-state index in [4.69, 9.17) is 11.5 Å². The van der Waals surface area contributed by atoms with E-state index in [0.29, 0.717) is 11.3 Å². The van der Waals surface area contributed by atoms with Crippen LogP contribution in [-0.2, 0) is 25.6 Å². The van der Waals surface area contributed by atoms with Crippen LogP contribution in [0.25, 0.3) is 0 Å². The Balaban J connectivity index is 2.95. The highest BCUT2D eigenvalue weighted by Crippen LogP contribution is 2.17. The molecule has 0 saturated carbocycles. The van der Waals surface area contributed by atoms with Gasteiger partial charge in [-0.3, -0.25) is 19.3 Å². The minimum atomic E-state index is -1.44. The van der Waals surface area contributed by atoms with Crippen LogP contribution in [0.15, 0.2) is 30.3 Å². The molecule has 0 saturated heterocycles.